The first-order chi connectivity index (χ1) is 13.5. The molecule has 1 aliphatic heterocycles. The number of hydrogen-bond donors (Lipinski definition) is 3. The van der Waals surface area contributed by atoms with Crippen LogP contribution < -0.4 is 24.8 Å². The van der Waals surface area contributed by atoms with E-state index < -0.39 is 35.9 Å². The van der Waals surface area contributed by atoms with Gasteiger partial charge in [-0.15, -0.1) is 0 Å². The number of esters is 1. The third kappa shape index (κ3) is 3.97. The minimum absolute atomic E-state index is 0.00456. The van der Waals surface area contributed by atoms with Crippen LogP contribution in [0.3, 0.4) is 0 Å². The molecule has 162 valence electrons. The molecule has 2 amide bonds. The molecular formula is C17H21F3N2O7. The first-order valence-electron chi connectivity index (χ1n) is 8.38. The van der Waals surface area contributed by atoms with Gasteiger partial charge in [-0.3, -0.25) is 4.79 Å². The molecule has 1 fully saturated rings. The molecule has 0 radical (unpaired) electrons. The number of amides is 2. The molecule has 1 aliphatic rings. The summed E-state index contributed by atoms with van der Waals surface area (Å²) in [4.78, 5) is 24.4. The zero-order valence-electron chi connectivity index (χ0n) is 16.0. The van der Waals surface area contributed by atoms with E-state index in [2.05, 4.69) is 5.32 Å². The Morgan fingerprint density at radius 1 is 1.17 bits per heavy atom. The number of carbonyl (C=O) groups excluding carboxylic acids is 2. The van der Waals surface area contributed by atoms with Crippen LogP contribution in [0.25, 0.3) is 0 Å². The monoisotopic (exact) mass is 422 g/mol. The smallest absolute Gasteiger partial charge is 0.437 e. The minimum Gasteiger partial charge on any atom is -0.493 e. The van der Waals surface area contributed by atoms with Crippen LogP contribution in [0.5, 0.6) is 17.2 Å². The Hall–Kier alpha value is -2.89. The number of methoxy groups -OCH3 is 3. The maximum Gasteiger partial charge on any atom is 0.437 e. The average Bonchev–Trinajstić information content (AvgIpc) is 2.65. The molecule has 0 aromatic heterocycles. The molecule has 0 aliphatic carbocycles. The van der Waals surface area contributed by atoms with Gasteiger partial charge in [-0.25, -0.2) is 4.79 Å². The largest absolute Gasteiger partial charge is 0.493 e. The molecule has 2 rings (SSSR count). The molecule has 9 nitrogen and oxygen atoms in total. The standard InChI is InChI=1S/C17H21F3N2O7/c1-5-29-14(23)11-12(21-15(24)22-16(11,25)17(18,19)20)8-6-9(26-2)13(28-4)10(7-8)27-3/h6-7,11-12,25H,5H2,1-4H3,(H2,21,22,24)/t11-,12+,16-/m0/s1. The molecule has 29 heavy (non-hydrogen) atoms. The number of benzene rings is 1. The fraction of sp³-hybridized carbons (Fsp3) is 0.529. The lowest BCUT2D eigenvalue weighted by Crippen LogP contribution is -2.73. The van der Waals surface area contributed by atoms with Gasteiger partial charge in [0.15, 0.2) is 11.5 Å². The SMILES string of the molecule is CCOC(=O)[C@@H]1[C@@H](c2cc(OC)c(OC)c(OC)c2)NC(=O)N[C@@]1(O)C(F)(F)F. The van der Waals surface area contributed by atoms with Gasteiger partial charge in [-0.05, 0) is 24.6 Å². The normalized spacial score (nSPS) is 24.2. The molecule has 0 bridgehead atoms. The molecule has 0 saturated carbocycles. The van der Waals surface area contributed by atoms with Crippen molar-refractivity contribution in [2.45, 2.75) is 24.9 Å². The number of urea groups is 1. The molecule has 12 heteroatoms. The molecule has 3 N–H and O–H groups in total. The second-order valence-corrected chi connectivity index (χ2v) is 6.03. The molecule has 0 spiro atoms. The van der Waals surface area contributed by atoms with Crippen molar-refractivity contribution in [3.05, 3.63) is 17.7 Å². The van der Waals surface area contributed by atoms with E-state index in [0.717, 1.165) is 0 Å². The van der Waals surface area contributed by atoms with Crippen molar-refractivity contribution < 1.29 is 46.8 Å². The highest BCUT2D eigenvalue weighted by atomic mass is 19.4. The third-order valence-electron chi connectivity index (χ3n) is 4.39. The second-order valence-electron chi connectivity index (χ2n) is 6.03. The fourth-order valence-corrected chi connectivity index (χ4v) is 3.10. The maximum atomic E-state index is 13.7. The van der Waals surface area contributed by atoms with Crippen LogP contribution in [0, 0.1) is 5.92 Å². The summed E-state index contributed by atoms with van der Waals surface area (Å²) in [5.41, 5.74) is -3.87. The molecule has 1 saturated heterocycles. The Morgan fingerprint density at radius 3 is 2.14 bits per heavy atom. The summed E-state index contributed by atoms with van der Waals surface area (Å²) in [6.45, 7) is 1.16. The summed E-state index contributed by atoms with van der Waals surface area (Å²) >= 11 is 0. The van der Waals surface area contributed by atoms with Crippen molar-refractivity contribution in [2.24, 2.45) is 5.92 Å². The second kappa shape index (κ2) is 8.23. The van der Waals surface area contributed by atoms with Crippen molar-refractivity contribution in [3.8, 4) is 17.2 Å². The Labute approximate surface area is 164 Å². The van der Waals surface area contributed by atoms with E-state index in [1.807, 2.05) is 0 Å². The lowest BCUT2D eigenvalue weighted by molar-refractivity contribution is -0.294. The van der Waals surface area contributed by atoms with E-state index in [9.17, 15) is 27.9 Å². The van der Waals surface area contributed by atoms with Crippen LogP contribution in [0.4, 0.5) is 18.0 Å². The van der Waals surface area contributed by atoms with E-state index in [4.69, 9.17) is 18.9 Å². The van der Waals surface area contributed by atoms with Crippen molar-refractivity contribution in [1.29, 1.82) is 0 Å². The van der Waals surface area contributed by atoms with Crippen molar-refractivity contribution in [1.82, 2.24) is 10.6 Å². The van der Waals surface area contributed by atoms with E-state index in [1.165, 1.54) is 45.7 Å². The number of ether oxygens (including phenoxy) is 4. The van der Waals surface area contributed by atoms with Crippen LogP contribution in [0.1, 0.15) is 18.5 Å². The minimum atomic E-state index is -5.37. The van der Waals surface area contributed by atoms with Crippen molar-refractivity contribution >= 4 is 12.0 Å². The van der Waals surface area contributed by atoms with Gasteiger partial charge in [-0.1, -0.05) is 0 Å². The van der Waals surface area contributed by atoms with Gasteiger partial charge in [0.1, 0.15) is 5.92 Å². The van der Waals surface area contributed by atoms with Crippen molar-refractivity contribution in [2.75, 3.05) is 27.9 Å². The van der Waals surface area contributed by atoms with Gasteiger partial charge in [0.05, 0.1) is 34.0 Å². The van der Waals surface area contributed by atoms with Gasteiger partial charge in [0, 0.05) is 0 Å². The number of hydrogen-bond acceptors (Lipinski definition) is 7. The van der Waals surface area contributed by atoms with Crippen LogP contribution in [-0.2, 0) is 9.53 Å². The molecule has 1 aromatic carbocycles. The van der Waals surface area contributed by atoms with Crippen LogP contribution in [0.2, 0.25) is 0 Å². The number of carbonyl (C=O) groups is 2. The Balaban J connectivity index is 2.70. The molecule has 3 atom stereocenters. The van der Waals surface area contributed by atoms with Crippen molar-refractivity contribution in [3.63, 3.8) is 0 Å². The first-order valence-corrected chi connectivity index (χ1v) is 8.38. The number of alkyl halides is 3. The zero-order chi connectivity index (χ0) is 22.0. The number of nitrogens with one attached hydrogen (secondary N) is 2. The van der Waals surface area contributed by atoms with Gasteiger partial charge in [0.2, 0.25) is 5.75 Å². The van der Waals surface area contributed by atoms with E-state index >= 15 is 0 Å². The van der Waals surface area contributed by atoms with Gasteiger partial charge in [-0.2, -0.15) is 13.2 Å². The number of rotatable bonds is 6. The third-order valence-corrected chi connectivity index (χ3v) is 4.39. The predicted octanol–water partition coefficient (Wildman–Crippen LogP) is 1.50. The lowest BCUT2D eigenvalue weighted by atomic mass is 9.81. The Bertz CT molecular complexity index is 762. The van der Waals surface area contributed by atoms with Gasteiger partial charge in [0.25, 0.3) is 5.72 Å². The average molecular weight is 422 g/mol. The predicted molar refractivity (Wildman–Crippen MR) is 91.6 cm³/mol. The summed E-state index contributed by atoms with van der Waals surface area (Å²) < 4.78 is 61.3. The topological polar surface area (TPSA) is 115 Å². The molecule has 1 aromatic rings. The van der Waals surface area contributed by atoms with E-state index in [1.54, 1.807) is 0 Å². The quantitative estimate of drug-likeness (QED) is 0.595. The molecule has 0 unspecified atom stereocenters. The highest BCUT2D eigenvalue weighted by Gasteiger charge is 2.67. The van der Waals surface area contributed by atoms with Gasteiger partial charge < -0.3 is 34.7 Å². The lowest BCUT2D eigenvalue weighted by Gasteiger charge is -2.44. The highest BCUT2D eigenvalue weighted by molar-refractivity contribution is 5.83. The zero-order valence-corrected chi connectivity index (χ0v) is 16.0. The summed E-state index contributed by atoms with van der Waals surface area (Å²) in [7, 11) is 3.91. The molecular weight excluding hydrogens is 401 g/mol. The Morgan fingerprint density at radius 2 is 1.72 bits per heavy atom. The van der Waals surface area contributed by atoms with E-state index in [-0.39, 0.29) is 29.4 Å². The summed E-state index contributed by atoms with van der Waals surface area (Å²) in [5, 5.41) is 14.0. The van der Waals surface area contributed by atoms with Crippen LogP contribution in [0.15, 0.2) is 12.1 Å². The van der Waals surface area contributed by atoms with Crippen LogP contribution >= 0.6 is 0 Å². The van der Waals surface area contributed by atoms with Gasteiger partial charge >= 0.3 is 18.2 Å². The highest BCUT2D eigenvalue weighted by Crippen LogP contribution is 2.46. The first kappa shape index (κ1) is 22.4. The number of halogens is 3. The Kier molecular flexibility index (Phi) is 6.36. The summed E-state index contributed by atoms with van der Waals surface area (Å²) in [6.07, 6.45) is -5.37. The van der Waals surface area contributed by atoms with Crippen LogP contribution in [-0.4, -0.2) is 56.9 Å². The summed E-state index contributed by atoms with van der Waals surface area (Å²) in [6, 6.07) is -0.423. The van der Waals surface area contributed by atoms with E-state index in [0.29, 0.717) is 0 Å². The fourth-order valence-electron chi connectivity index (χ4n) is 3.10. The number of aliphatic hydroxyl groups is 1. The maximum absolute atomic E-state index is 13.7. The summed E-state index contributed by atoms with van der Waals surface area (Å²) in [5.74, 6) is -3.32. The molecule has 1 heterocycles.